The summed E-state index contributed by atoms with van der Waals surface area (Å²) >= 11 is 12.2. The molecular formula is C16H15Cl2N. The lowest BCUT2D eigenvalue weighted by atomic mass is 10.0. The normalized spacial score (nSPS) is 13.8. The van der Waals surface area contributed by atoms with Crippen LogP contribution in [0.1, 0.15) is 22.3 Å². The van der Waals surface area contributed by atoms with Crippen molar-refractivity contribution in [2.75, 3.05) is 4.90 Å². The first-order valence-electron chi connectivity index (χ1n) is 6.33. The minimum Gasteiger partial charge on any atom is -0.363 e. The summed E-state index contributed by atoms with van der Waals surface area (Å²) in [5.74, 6) is 0. The SMILES string of the molecule is Cc1cc2c(cc1C)CN(c1cc(Cl)cc(Cl)c1)C2. The monoisotopic (exact) mass is 291 g/mol. The molecule has 0 saturated carbocycles. The van der Waals surface area contributed by atoms with Gasteiger partial charge in [-0.1, -0.05) is 35.3 Å². The van der Waals surface area contributed by atoms with E-state index in [4.69, 9.17) is 23.2 Å². The second kappa shape index (κ2) is 4.73. The predicted molar refractivity (Wildman–Crippen MR) is 82.3 cm³/mol. The third-order valence-electron chi connectivity index (χ3n) is 3.75. The van der Waals surface area contributed by atoms with Gasteiger partial charge < -0.3 is 4.90 Å². The molecule has 0 saturated heterocycles. The first-order chi connectivity index (χ1) is 9.02. The highest BCUT2D eigenvalue weighted by molar-refractivity contribution is 6.35. The van der Waals surface area contributed by atoms with Gasteiger partial charge in [0.1, 0.15) is 0 Å². The van der Waals surface area contributed by atoms with Crippen molar-refractivity contribution in [3.05, 3.63) is 62.6 Å². The molecule has 0 aliphatic carbocycles. The lowest BCUT2D eigenvalue weighted by Gasteiger charge is -2.18. The molecule has 3 heteroatoms. The molecule has 1 heterocycles. The van der Waals surface area contributed by atoms with Crippen molar-refractivity contribution in [2.24, 2.45) is 0 Å². The number of rotatable bonds is 1. The lowest BCUT2D eigenvalue weighted by Crippen LogP contribution is -2.14. The summed E-state index contributed by atoms with van der Waals surface area (Å²) in [6.45, 7) is 6.17. The van der Waals surface area contributed by atoms with Gasteiger partial charge in [-0.3, -0.25) is 0 Å². The molecule has 3 rings (SSSR count). The van der Waals surface area contributed by atoms with Gasteiger partial charge in [0.25, 0.3) is 0 Å². The van der Waals surface area contributed by atoms with Crippen LogP contribution in [0.15, 0.2) is 30.3 Å². The summed E-state index contributed by atoms with van der Waals surface area (Å²) < 4.78 is 0. The number of fused-ring (bicyclic) bond motifs is 1. The van der Waals surface area contributed by atoms with Crippen molar-refractivity contribution in [3.8, 4) is 0 Å². The van der Waals surface area contributed by atoms with Gasteiger partial charge in [0, 0.05) is 28.8 Å². The molecule has 2 aromatic carbocycles. The molecule has 2 aromatic rings. The van der Waals surface area contributed by atoms with Gasteiger partial charge >= 0.3 is 0 Å². The zero-order valence-electron chi connectivity index (χ0n) is 11.0. The molecule has 1 aliphatic heterocycles. The fourth-order valence-electron chi connectivity index (χ4n) is 2.60. The zero-order valence-corrected chi connectivity index (χ0v) is 12.5. The smallest absolute Gasteiger partial charge is 0.0441 e. The molecular weight excluding hydrogens is 277 g/mol. The summed E-state index contributed by atoms with van der Waals surface area (Å²) in [5, 5.41) is 1.37. The van der Waals surface area contributed by atoms with Crippen LogP contribution in [-0.2, 0) is 13.1 Å². The molecule has 19 heavy (non-hydrogen) atoms. The number of hydrogen-bond acceptors (Lipinski definition) is 1. The molecule has 0 unspecified atom stereocenters. The Morgan fingerprint density at radius 3 is 1.74 bits per heavy atom. The average molecular weight is 292 g/mol. The Morgan fingerprint density at radius 2 is 1.26 bits per heavy atom. The van der Waals surface area contributed by atoms with Crippen molar-refractivity contribution in [1.29, 1.82) is 0 Å². The maximum absolute atomic E-state index is 6.08. The molecule has 0 amide bonds. The minimum absolute atomic E-state index is 0.686. The quantitative estimate of drug-likeness (QED) is 0.704. The van der Waals surface area contributed by atoms with Crippen LogP contribution in [-0.4, -0.2) is 0 Å². The summed E-state index contributed by atoms with van der Waals surface area (Å²) in [6, 6.07) is 10.3. The van der Waals surface area contributed by atoms with Crippen molar-refractivity contribution in [3.63, 3.8) is 0 Å². The standard InChI is InChI=1S/C16H15Cl2N/c1-10-3-12-8-19(9-13(12)4-11(10)2)16-6-14(17)5-15(18)7-16/h3-7H,8-9H2,1-2H3. The number of hydrogen-bond donors (Lipinski definition) is 0. The molecule has 1 aliphatic rings. The van der Waals surface area contributed by atoms with Crippen LogP contribution in [0.4, 0.5) is 5.69 Å². The summed E-state index contributed by atoms with van der Waals surface area (Å²) in [7, 11) is 0. The largest absolute Gasteiger partial charge is 0.363 e. The van der Waals surface area contributed by atoms with Gasteiger partial charge in [-0.05, 0) is 54.3 Å². The van der Waals surface area contributed by atoms with Gasteiger partial charge in [0.15, 0.2) is 0 Å². The van der Waals surface area contributed by atoms with E-state index >= 15 is 0 Å². The van der Waals surface area contributed by atoms with Gasteiger partial charge in [0.05, 0.1) is 0 Å². The van der Waals surface area contributed by atoms with E-state index in [-0.39, 0.29) is 0 Å². The molecule has 0 atom stereocenters. The summed E-state index contributed by atoms with van der Waals surface area (Å²) in [5.41, 5.74) is 6.59. The summed E-state index contributed by atoms with van der Waals surface area (Å²) in [4.78, 5) is 2.31. The van der Waals surface area contributed by atoms with Crippen molar-refractivity contribution in [1.82, 2.24) is 0 Å². The Bertz CT molecular complexity index is 598. The van der Waals surface area contributed by atoms with Crippen molar-refractivity contribution < 1.29 is 0 Å². The van der Waals surface area contributed by atoms with Crippen LogP contribution in [0, 0.1) is 13.8 Å². The van der Waals surface area contributed by atoms with Gasteiger partial charge in [-0.25, -0.2) is 0 Å². The molecule has 0 aromatic heterocycles. The van der Waals surface area contributed by atoms with Crippen LogP contribution in [0.2, 0.25) is 10.0 Å². The molecule has 98 valence electrons. The Kier molecular flexibility index (Phi) is 3.20. The van der Waals surface area contributed by atoms with E-state index in [0.717, 1.165) is 18.8 Å². The Labute approximate surface area is 123 Å². The fraction of sp³-hybridized carbons (Fsp3) is 0.250. The number of anilines is 1. The second-order valence-corrected chi connectivity index (χ2v) is 6.06. The average Bonchev–Trinajstić information content (AvgIpc) is 2.71. The van der Waals surface area contributed by atoms with E-state index < -0.39 is 0 Å². The molecule has 0 radical (unpaired) electrons. The molecule has 0 fully saturated rings. The zero-order chi connectivity index (χ0) is 13.6. The van der Waals surface area contributed by atoms with E-state index in [1.807, 2.05) is 12.1 Å². The predicted octanol–water partition coefficient (Wildman–Crippen LogP) is 5.13. The highest BCUT2D eigenvalue weighted by atomic mass is 35.5. The number of benzene rings is 2. The topological polar surface area (TPSA) is 3.24 Å². The Balaban J connectivity index is 1.95. The Morgan fingerprint density at radius 1 is 0.789 bits per heavy atom. The van der Waals surface area contributed by atoms with Gasteiger partial charge in [-0.2, -0.15) is 0 Å². The third-order valence-corrected chi connectivity index (χ3v) is 4.19. The second-order valence-electron chi connectivity index (χ2n) is 5.19. The Hall–Kier alpha value is -1.18. The lowest BCUT2D eigenvalue weighted by molar-refractivity contribution is 0.880. The molecule has 0 bridgehead atoms. The van der Waals surface area contributed by atoms with Crippen molar-refractivity contribution >= 4 is 28.9 Å². The van der Waals surface area contributed by atoms with Crippen LogP contribution in [0.25, 0.3) is 0 Å². The van der Waals surface area contributed by atoms with E-state index in [0.29, 0.717) is 10.0 Å². The molecule has 0 spiro atoms. The number of halogens is 2. The highest BCUT2D eigenvalue weighted by Crippen LogP contribution is 2.33. The van der Waals surface area contributed by atoms with E-state index in [1.54, 1.807) is 6.07 Å². The van der Waals surface area contributed by atoms with E-state index in [2.05, 4.69) is 30.9 Å². The van der Waals surface area contributed by atoms with E-state index in [1.165, 1.54) is 22.3 Å². The molecule has 0 N–H and O–H groups in total. The van der Waals surface area contributed by atoms with E-state index in [9.17, 15) is 0 Å². The van der Waals surface area contributed by atoms with Crippen LogP contribution < -0.4 is 4.90 Å². The van der Waals surface area contributed by atoms with Gasteiger partial charge in [-0.15, -0.1) is 0 Å². The van der Waals surface area contributed by atoms with Crippen molar-refractivity contribution in [2.45, 2.75) is 26.9 Å². The van der Waals surface area contributed by atoms with Crippen LogP contribution in [0.3, 0.4) is 0 Å². The first-order valence-corrected chi connectivity index (χ1v) is 7.08. The first kappa shape index (κ1) is 12.8. The van der Waals surface area contributed by atoms with Crippen LogP contribution >= 0.6 is 23.2 Å². The third kappa shape index (κ3) is 2.45. The highest BCUT2D eigenvalue weighted by Gasteiger charge is 2.20. The fourth-order valence-corrected chi connectivity index (χ4v) is 3.12. The number of nitrogens with zero attached hydrogens (tertiary/aromatic N) is 1. The maximum Gasteiger partial charge on any atom is 0.0441 e. The molecule has 1 nitrogen and oxygen atoms in total. The van der Waals surface area contributed by atoms with Gasteiger partial charge in [0.2, 0.25) is 0 Å². The minimum atomic E-state index is 0.686. The van der Waals surface area contributed by atoms with Crippen LogP contribution in [0.5, 0.6) is 0 Å². The maximum atomic E-state index is 6.08. The summed E-state index contributed by atoms with van der Waals surface area (Å²) in [6.07, 6.45) is 0. The number of aryl methyl sites for hydroxylation is 2.